The van der Waals surface area contributed by atoms with Gasteiger partial charge in [0.05, 0.1) is 0 Å². The highest BCUT2D eigenvalue weighted by Gasteiger charge is 2.43. The van der Waals surface area contributed by atoms with Crippen LogP contribution in [-0.4, -0.2) is 11.9 Å². The Hall–Kier alpha value is -2.36. The second-order valence-corrected chi connectivity index (χ2v) is 3.76. The van der Waals surface area contributed by atoms with Crippen LogP contribution in [0.15, 0.2) is 42.5 Å². The monoisotopic (exact) mass is 228 g/mol. The number of esters is 2. The highest BCUT2D eigenvalue weighted by Crippen LogP contribution is 2.39. The SMILES string of the molecule is O=C1C=CC(=O)OC2(C=Cc3ccccc32)O1. The lowest BCUT2D eigenvalue weighted by atomic mass is 10.1. The molecule has 0 saturated heterocycles. The third kappa shape index (κ3) is 1.45. The zero-order valence-electron chi connectivity index (χ0n) is 8.75. The molecule has 0 N–H and O–H groups in total. The fourth-order valence-corrected chi connectivity index (χ4v) is 1.95. The smallest absolute Gasteiger partial charge is 0.334 e. The van der Waals surface area contributed by atoms with Crippen LogP contribution in [0.1, 0.15) is 11.1 Å². The molecular formula is C13H8O4. The van der Waals surface area contributed by atoms with Gasteiger partial charge in [0, 0.05) is 23.8 Å². The topological polar surface area (TPSA) is 52.6 Å². The Balaban J connectivity index is 2.12. The summed E-state index contributed by atoms with van der Waals surface area (Å²) in [7, 11) is 0. The van der Waals surface area contributed by atoms with E-state index in [0.29, 0.717) is 5.56 Å². The summed E-state index contributed by atoms with van der Waals surface area (Å²) >= 11 is 0. The molecule has 0 unspecified atom stereocenters. The Kier molecular flexibility index (Phi) is 1.92. The maximum absolute atomic E-state index is 11.4. The summed E-state index contributed by atoms with van der Waals surface area (Å²) in [6.45, 7) is 0. The summed E-state index contributed by atoms with van der Waals surface area (Å²) in [5.74, 6) is -2.61. The van der Waals surface area contributed by atoms with Crippen LogP contribution in [0, 0.1) is 0 Å². The fraction of sp³-hybridized carbons (Fsp3) is 0.0769. The lowest BCUT2D eigenvalue weighted by Gasteiger charge is -2.26. The molecule has 0 atom stereocenters. The van der Waals surface area contributed by atoms with Gasteiger partial charge in [0.2, 0.25) is 0 Å². The fourth-order valence-electron chi connectivity index (χ4n) is 1.95. The quantitative estimate of drug-likeness (QED) is 0.632. The van der Waals surface area contributed by atoms with Crippen molar-refractivity contribution in [2.24, 2.45) is 0 Å². The van der Waals surface area contributed by atoms with Crippen molar-refractivity contribution in [1.82, 2.24) is 0 Å². The Labute approximate surface area is 97.1 Å². The van der Waals surface area contributed by atoms with E-state index in [9.17, 15) is 9.59 Å². The molecule has 1 aliphatic heterocycles. The molecule has 3 rings (SSSR count). The summed E-state index contributed by atoms with van der Waals surface area (Å²) < 4.78 is 10.4. The first-order chi connectivity index (χ1) is 8.20. The van der Waals surface area contributed by atoms with Crippen molar-refractivity contribution >= 4 is 18.0 Å². The molecule has 0 saturated carbocycles. The standard InChI is InChI=1S/C13H8O4/c14-11-5-6-12(15)17-13(16-11)8-7-9-3-1-2-4-10(9)13/h1-8H. The minimum Gasteiger partial charge on any atom is -0.411 e. The number of benzene rings is 1. The number of fused-ring (bicyclic) bond motifs is 2. The first-order valence-electron chi connectivity index (χ1n) is 5.12. The molecule has 0 fully saturated rings. The van der Waals surface area contributed by atoms with Crippen molar-refractivity contribution < 1.29 is 19.1 Å². The van der Waals surface area contributed by atoms with Crippen LogP contribution in [0.5, 0.6) is 0 Å². The maximum Gasteiger partial charge on any atom is 0.334 e. The number of hydrogen-bond donors (Lipinski definition) is 0. The minimum absolute atomic E-state index is 0.600. The van der Waals surface area contributed by atoms with Crippen LogP contribution in [0.3, 0.4) is 0 Å². The molecule has 4 heteroatoms. The highest BCUT2D eigenvalue weighted by molar-refractivity contribution is 5.94. The first-order valence-corrected chi connectivity index (χ1v) is 5.12. The van der Waals surface area contributed by atoms with E-state index in [1.807, 2.05) is 12.1 Å². The van der Waals surface area contributed by atoms with Crippen LogP contribution in [-0.2, 0) is 24.8 Å². The zero-order valence-corrected chi connectivity index (χ0v) is 8.75. The van der Waals surface area contributed by atoms with Crippen molar-refractivity contribution in [1.29, 1.82) is 0 Å². The number of ether oxygens (including phenoxy) is 2. The molecule has 0 radical (unpaired) electrons. The summed E-state index contributed by atoms with van der Waals surface area (Å²) in [6, 6.07) is 7.29. The molecule has 1 aliphatic carbocycles. The second kappa shape index (κ2) is 3.31. The van der Waals surface area contributed by atoms with E-state index in [1.165, 1.54) is 0 Å². The van der Waals surface area contributed by atoms with Crippen molar-refractivity contribution in [3.63, 3.8) is 0 Å². The van der Waals surface area contributed by atoms with Gasteiger partial charge in [-0.1, -0.05) is 30.3 Å². The molecule has 0 aromatic heterocycles. The molecule has 0 amide bonds. The van der Waals surface area contributed by atoms with Gasteiger partial charge >= 0.3 is 17.7 Å². The average Bonchev–Trinajstić information content (AvgIpc) is 2.58. The summed E-state index contributed by atoms with van der Waals surface area (Å²) in [6.07, 6.45) is 5.46. The van der Waals surface area contributed by atoms with Crippen LogP contribution < -0.4 is 0 Å². The third-order valence-electron chi connectivity index (χ3n) is 2.68. The zero-order chi connectivity index (χ0) is 11.9. The van der Waals surface area contributed by atoms with Crippen molar-refractivity contribution in [2.45, 2.75) is 5.79 Å². The Morgan fingerprint density at radius 3 is 2.24 bits per heavy atom. The normalized spacial score (nSPS) is 19.8. The molecular weight excluding hydrogens is 220 g/mol. The summed E-state index contributed by atoms with van der Waals surface area (Å²) in [4.78, 5) is 22.8. The molecule has 4 nitrogen and oxygen atoms in total. The number of carbonyl (C=O) groups is 2. The van der Waals surface area contributed by atoms with Gasteiger partial charge in [-0.15, -0.1) is 0 Å². The molecule has 1 heterocycles. The van der Waals surface area contributed by atoms with Gasteiger partial charge in [-0.2, -0.15) is 0 Å². The number of carbonyl (C=O) groups excluding carboxylic acids is 2. The van der Waals surface area contributed by atoms with Crippen molar-refractivity contribution in [3.8, 4) is 0 Å². The predicted octanol–water partition coefficient (Wildman–Crippen LogP) is 1.52. The van der Waals surface area contributed by atoms with Crippen LogP contribution >= 0.6 is 0 Å². The van der Waals surface area contributed by atoms with E-state index < -0.39 is 17.7 Å². The number of rotatable bonds is 0. The van der Waals surface area contributed by atoms with Crippen molar-refractivity contribution in [2.75, 3.05) is 0 Å². The van der Waals surface area contributed by atoms with E-state index in [0.717, 1.165) is 17.7 Å². The molecule has 1 aromatic carbocycles. The van der Waals surface area contributed by atoms with Gasteiger partial charge in [-0.3, -0.25) is 0 Å². The van der Waals surface area contributed by atoms with Gasteiger partial charge < -0.3 is 9.47 Å². The Bertz CT molecular complexity index is 549. The Morgan fingerprint density at radius 1 is 0.882 bits per heavy atom. The molecule has 1 spiro atoms. The molecule has 17 heavy (non-hydrogen) atoms. The average molecular weight is 228 g/mol. The lowest BCUT2D eigenvalue weighted by Crippen LogP contribution is -2.32. The van der Waals surface area contributed by atoms with Gasteiger partial charge in [-0.25, -0.2) is 9.59 Å². The van der Waals surface area contributed by atoms with Crippen molar-refractivity contribution in [3.05, 3.63) is 53.6 Å². The van der Waals surface area contributed by atoms with Crippen LogP contribution in [0.25, 0.3) is 6.08 Å². The van der Waals surface area contributed by atoms with Gasteiger partial charge in [0.1, 0.15) is 0 Å². The third-order valence-corrected chi connectivity index (χ3v) is 2.68. The minimum atomic E-state index is -1.41. The molecule has 2 aliphatic rings. The highest BCUT2D eigenvalue weighted by atomic mass is 16.7. The first kappa shape index (κ1) is 9.84. The number of hydrogen-bond acceptors (Lipinski definition) is 4. The largest absolute Gasteiger partial charge is 0.411 e. The van der Waals surface area contributed by atoms with E-state index in [1.54, 1.807) is 24.3 Å². The van der Waals surface area contributed by atoms with Gasteiger partial charge in [-0.05, 0) is 5.56 Å². The second-order valence-electron chi connectivity index (χ2n) is 3.76. The summed E-state index contributed by atoms with van der Waals surface area (Å²) in [5.41, 5.74) is 1.53. The molecule has 1 aromatic rings. The summed E-state index contributed by atoms with van der Waals surface area (Å²) in [5, 5.41) is 0. The van der Waals surface area contributed by atoms with Crippen LogP contribution in [0.4, 0.5) is 0 Å². The lowest BCUT2D eigenvalue weighted by molar-refractivity contribution is -0.205. The molecule has 84 valence electrons. The van der Waals surface area contributed by atoms with E-state index >= 15 is 0 Å². The van der Waals surface area contributed by atoms with E-state index in [2.05, 4.69) is 0 Å². The van der Waals surface area contributed by atoms with Gasteiger partial charge in [0.15, 0.2) is 0 Å². The van der Waals surface area contributed by atoms with E-state index in [-0.39, 0.29) is 0 Å². The molecule has 0 bridgehead atoms. The van der Waals surface area contributed by atoms with E-state index in [4.69, 9.17) is 9.47 Å². The Morgan fingerprint density at radius 2 is 1.53 bits per heavy atom. The maximum atomic E-state index is 11.4. The van der Waals surface area contributed by atoms with Crippen LogP contribution in [0.2, 0.25) is 0 Å². The van der Waals surface area contributed by atoms with Gasteiger partial charge in [0.25, 0.3) is 0 Å². The predicted molar refractivity (Wildman–Crippen MR) is 58.5 cm³/mol.